The molecular weight excluding hydrogens is 274 g/mol. The fraction of sp³-hybridized carbons (Fsp3) is 0.455. The number of nitro groups is 1. The Bertz CT molecular complexity index is 503. The van der Waals surface area contributed by atoms with Crippen LogP contribution in [0.4, 0.5) is 5.69 Å². The number of ether oxygens (including phenoxy) is 1. The van der Waals surface area contributed by atoms with Gasteiger partial charge in [0.25, 0.3) is 5.91 Å². The molecular formula is C11H12ClN3O4. The largest absolute Gasteiger partial charge is 0.379 e. The fourth-order valence-corrected chi connectivity index (χ4v) is 2.13. The average Bonchev–Trinajstić information content (AvgIpc) is 2.39. The minimum atomic E-state index is -0.707. The van der Waals surface area contributed by atoms with Crippen LogP contribution in [0.2, 0.25) is 5.15 Å². The molecule has 1 aliphatic heterocycles. The van der Waals surface area contributed by atoms with E-state index in [-0.39, 0.29) is 16.8 Å². The second kappa shape index (κ2) is 5.94. The summed E-state index contributed by atoms with van der Waals surface area (Å²) in [6.45, 7) is 1.09. The SMILES string of the molecule is O=C(NC1CCCOC1)c1ccnc(Cl)c1[N+](=O)[O-]. The van der Waals surface area contributed by atoms with Gasteiger partial charge in [-0.15, -0.1) is 0 Å². The summed E-state index contributed by atoms with van der Waals surface area (Å²) in [6.07, 6.45) is 2.91. The van der Waals surface area contributed by atoms with Gasteiger partial charge in [-0.2, -0.15) is 0 Å². The summed E-state index contributed by atoms with van der Waals surface area (Å²) < 4.78 is 5.23. The molecule has 7 nitrogen and oxygen atoms in total. The average molecular weight is 286 g/mol. The number of pyridine rings is 1. The first-order valence-corrected chi connectivity index (χ1v) is 6.15. The third-order valence-electron chi connectivity index (χ3n) is 2.80. The van der Waals surface area contributed by atoms with Crippen molar-refractivity contribution >= 4 is 23.2 Å². The highest BCUT2D eigenvalue weighted by Crippen LogP contribution is 2.26. The lowest BCUT2D eigenvalue weighted by atomic mass is 10.1. The van der Waals surface area contributed by atoms with Gasteiger partial charge in [-0.25, -0.2) is 4.98 Å². The zero-order valence-corrected chi connectivity index (χ0v) is 10.7. The van der Waals surface area contributed by atoms with Gasteiger partial charge in [-0.05, 0) is 18.9 Å². The quantitative estimate of drug-likeness (QED) is 0.516. The topological polar surface area (TPSA) is 94.4 Å². The van der Waals surface area contributed by atoms with Gasteiger partial charge >= 0.3 is 5.69 Å². The lowest BCUT2D eigenvalue weighted by Gasteiger charge is -2.23. The Hall–Kier alpha value is -1.73. The van der Waals surface area contributed by atoms with E-state index in [1.165, 1.54) is 12.3 Å². The summed E-state index contributed by atoms with van der Waals surface area (Å²) in [5.41, 5.74) is -0.561. The summed E-state index contributed by atoms with van der Waals surface area (Å²) in [5, 5.41) is 13.3. The maximum absolute atomic E-state index is 12.0. The van der Waals surface area contributed by atoms with Gasteiger partial charge in [0.2, 0.25) is 5.15 Å². The van der Waals surface area contributed by atoms with Crippen LogP contribution in [0.1, 0.15) is 23.2 Å². The zero-order valence-electron chi connectivity index (χ0n) is 9.97. The molecule has 2 heterocycles. The highest BCUT2D eigenvalue weighted by Gasteiger charge is 2.26. The number of carbonyl (C=O) groups is 1. The molecule has 19 heavy (non-hydrogen) atoms. The molecule has 102 valence electrons. The van der Waals surface area contributed by atoms with Crippen molar-refractivity contribution in [2.24, 2.45) is 0 Å². The minimum Gasteiger partial charge on any atom is -0.379 e. The van der Waals surface area contributed by atoms with Gasteiger partial charge in [0, 0.05) is 12.8 Å². The van der Waals surface area contributed by atoms with Crippen LogP contribution in [0.3, 0.4) is 0 Å². The predicted molar refractivity (Wildman–Crippen MR) is 67.2 cm³/mol. The third-order valence-corrected chi connectivity index (χ3v) is 3.08. The molecule has 1 N–H and O–H groups in total. The molecule has 0 saturated carbocycles. The number of amides is 1. The molecule has 0 aliphatic carbocycles. The lowest BCUT2D eigenvalue weighted by Crippen LogP contribution is -2.40. The van der Waals surface area contributed by atoms with Crippen LogP contribution in [0.15, 0.2) is 12.3 Å². The van der Waals surface area contributed by atoms with E-state index in [0.29, 0.717) is 13.2 Å². The lowest BCUT2D eigenvalue weighted by molar-refractivity contribution is -0.385. The molecule has 0 radical (unpaired) electrons. The molecule has 0 spiro atoms. The van der Waals surface area contributed by atoms with Crippen molar-refractivity contribution in [1.82, 2.24) is 10.3 Å². The molecule has 1 amide bonds. The van der Waals surface area contributed by atoms with E-state index >= 15 is 0 Å². The van der Waals surface area contributed by atoms with Gasteiger partial charge in [0.15, 0.2) is 0 Å². The number of nitrogens with one attached hydrogen (secondary N) is 1. The second-order valence-corrected chi connectivity index (χ2v) is 4.50. The molecule has 1 unspecified atom stereocenters. The van der Waals surface area contributed by atoms with Crippen LogP contribution in [-0.2, 0) is 4.74 Å². The molecule has 1 aromatic heterocycles. The number of halogens is 1. The van der Waals surface area contributed by atoms with Crippen molar-refractivity contribution < 1.29 is 14.5 Å². The Balaban J connectivity index is 2.18. The van der Waals surface area contributed by atoms with Gasteiger partial charge in [0.05, 0.1) is 17.6 Å². The molecule has 1 aliphatic rings. The summed E-state index contributed by atoms with van der Waals surface area (Å²) in [5.74, 6) is -0.536. The molecule has 8 heteroatoms. The molecule has 1 atom stereocenters. The van der Waals surface area contributed by atoms with Crippen LogP contribution >= 0.6 is 11.6 Å². The summed E-state index contributed by atoms with van der Waals surface area (Å²) >= 11 is 5.65. The molecule has 1 aromatic rings. The van der Waals surface area contributed by atoms with Gasteiger partial charge in [0.1, 0.15) is 5.56 Å². The Morgan fingerprint density at radius 3 is 3.05 bits per heavy atom. The Morgan fingerprint density at radius 1 is 1.63 bits per heavy atom. The molecule has 0 aromatic carbocycles. The van der Waals surface area contributed by atoms with E-state index in [0.717, 1.165) is 12.8 Å². The Morgan fingerprint density at radius 2 is 2.42 bits per heavy atom. The van der Waals surface area contributed by atoms with Crippen molar-refractivity contribution in [3.63, 3.8) is 0 Å². The van der Waals surface area contributed by atoms with Crippen molar-refractivity contribution in [1.29, 1.82) is 0 Å². The molecule has 1 saturated heterocycles. The smallest absolute Gasteiger partial charge is 0.319 e. The number of hydrogen-bond acceptors (Lipinski definition) is 5. The zero-order chi connectivity index (χ0) is 13.8. The summed E-state index contributed by atoms with van der Waals surface area (Å²) in [4.78, 5) is 25.9. The number of rotatable bonds is 3. The predicted octanol–water partition coefficient (Wildman–Crippen LogP) is 1.55. The van der Waals surface area contributed by atoms with Crippen LogP contribution in [-0.4, -0.2) is 35.1 Å². The van der Waals surface area contributed by atoms with Gasteiger partial charge in [-0.1, -0.05) is 11.6 Å². The van der Waals surface area contributed by atoms with Crippen molar-refractivity contribution in [3.8, 4) is 0 Å². The first-order chi connectivity index (χ1) is 9.09. The third kappa shape index (κ3) is 3.18. The van der Waals surface area contributed by atoms with E-state index in [4.69, 9.17) is 16.3 Å². The number of hydrogen-bond donors (Lipinski definition) is 1. The minimum absolute atomic E-state index is 0.0874. The normalized spacial score (nSPS) is 18.9. The summed E-state index contributed by atoms with van der Waals surface area (Å²) in [7, 11) is 0. The second-order valence-electron chi connectivity index (χ2n) is 4.14. The first-order valence-electron chi connectivity index (χ1n) is 5.77. The van der Waals surface area contributed by atoms with Crippen LogP contribution in [0.5, 0.6) is 0 Å². The van der Waals surface area contributed by atoms with E-state index in [9.17, 15) is 14.9 Å². The summed E-state index contributed by atoms with van der Waals surface area (Å²) in [6, 6.07) is 1.15. The van der Waals surface area contributed by atoms with Crippen molar-refractivity contribution in [2.75, 3.05) is 13.2 Å². The number of carbonyl (C=O) groups excluding carboxylic acids is 1. The van der Waals surface area contributed by atoms with E-state index in [1.807, 2.05) is 0 Å². The Kier molecular flexibility index (Phi) is 4.28. The fourth-order valence-electron chi connectivity index (χ4n) is 1.90. The highest BCUT2D eigenvalue weighted by atomic mass is 35.5. The first kappa shape index (κ1) is 13.7. The van der Waals surface area contributed by atoms with Gasteiger partial charge in [-0.3, -0.25) is 14.9 Å². The van der Waals surface area contributed by atoms with Crippen LogP contribution in [0.25, 0.3) is 0 Å². The standard InChI is InChI=1S/C11H12ClN3O4/c12-10-9(15(17)18)8(3-4-13-10)11(16)14-7-2-1-5-19-6-7/h3-4,7H,1-2,5-6H2,(H,14,16). The molecule has 2 rings (SSSR count). The Labute approximate surface area is 114 Å². The van der Waals surface area contributed by atoms with Crippen molar-refractivity contribution in [2.45, 2.75) is 18.9 Å². The molecule has 1 fully saturated rings. The van der Waals surface area contributed by atoms with E-state index in [1.54, 1.807) is 0 Å². The number of aromatic nitrogens is 1. The molecule has 0 bridgehead atoms. The number of nitrogens with zero attached hydrogens (tertiary/aromatic N) is 2. The monoisotopic (exact) mass is 285 g/mol. The van der Waals surface area contributed by atoms with Crippen LogP contribution in [0, 0.1) is 10.1 Å². The maximum Gasteiger partial charge on any atom is 0.319 e. The van der Waals surface area contributed by atoms with Crippen LogP contribution < -0.4 is 5.32 Å². The van der Waals surface area contributed by atoms with Gasteiger partial charge < -0.3 is 10.1 Å². The van der Waals surface area contributed by atoms with Crippen molar-refractivity contribution in [3.05, 3.63) is 33.1 Å². The highest BCUT2D eigenvalue weighted by molar-refractivity contribution is 6.32. The maximum atomic E-state index is 12.0. The van der Waals surface area contributed by atoms with E-state index < -0.39 is 16.5 Å². The van der Waals surface area contributed by atoms with E-state index in [2.05, 4.69) is 10.3 Å².